The summed E-state index contributed by atoms with van der Waals surface area (Å²) in [4.78, 5) is 12.0. The molecule has 0 saturated carbocycles. The number of rotatable bonds is 4. The summed E-state index contributed by atoms with van der Waals surface area (Å²) in [6, 6.07) is 5.50. The molecule has 1 aliphatic heterocycles. The van der Waals surface area contributed by atoms with Crippen molar-refractivity contribution in [3.8, 4) is 0 Å². The van der Waals surface area contributed by atoms with Gasteiger partial charge in [0.1, 0.15) is 0 Å². The topological polar surface area (TPSA) is 64.3 Å². The second-order valence-corrected chi connectivity index (χ2v) is 4.72. The fraction of sp³-hybridized carbons (Fsp3) is 0.500. The molecule has 0 aromatic heterocycles. The SMILES string of the molecule is Cc1cccc(C(=O)NCCC2CCCO2)c1N. The molecule has 1 fully saturated rings. The number of hydrogen-bond donors (Lipinski definition) is 2. The molecule has 0 bridgehead atoms. The molecule has 18 heavy (non-hydrogen) atoms. The van der Waals surface area contributed by atoms with Crippen molar-refractivity contribution in [1.82, 2.24) is 5.32 Å². The molecule has 0 spiro atoms. The molecule has 1 saturated heterocycles. The number of hydrogen-bond acceptors (Lipinski definition) is 3. The number of benzene rings is 1. The van der Waals surface area contributed by atoms with E-state index in [1.807, 2.05) is 19.1 Å². The van der Waals surface area contributed by atoms with E-state index in [0.717, 1.165) is 31.4 Å². The number of para-hydroxylation sites is 1. The van der Waals surface area contributed by atoms with E-state index in [1.54, 1.807) is 6.07 Å². The smallest absolute Gasteiger partial charge is 0.253 e. The first-order valence-electron chi connectivity index (χ1n) is 6.43. The van der Waals surface area contributed by atoms with Crippen LogP contribution in [0.3, 0.4) is 0 Å². The Balaban J connectivity index is 1.85. The van der Waals surface area contributed by atoms with Gasteiger partial charge in [-0.3, -0.25) is 4.79 Å². The lowest BCUT2D eigenvalue weighted by Crippen LogP contribution is -2.27. The fourth-order valence-corrected chi connectivity index (χ4v) is 2.19. The Labute approximate surface area is 108 Å². The van der Waals surface area contributed by atoms with E-state index < -0.39 is 0 Å². The molecule has 1 amide bonds. The van der Waals surface area contributed by atoms with Gasteiger partial charge in [0.2, 0.25) is 0 Å². The Kier molecular flexibility index (Phi) is 4.20. The molecule has 1 heterocycles. The van der Waals surface area contributed by atoms with Crippen LogP contribution < -0.4 is 11.1 Å². The highest BCUT2D eigenvalue weighted by molar-refractivity contribution is 5.99. The maximum absolute atomic E-state index is 12.0. The summed E-state index contributed by atoms with van der Waals surface area (Å²) in [7, 11) is 0. The number of carbonyl (C=O) groups excluding carboxylic acids is 1. The minimum atomic E-state index is -0.103. The number of amides is 1. The zero-order valence-electron chi connectivity index (χ0n) is 10.7. The summed E-state index contributed by atoms with van der Waals surface area (Å²) < 4.78 is 5.51. The zero-order valence-corrected chi connectivity index (χ0v) is 10.7. The van der Waals surface area contributed by atoms with E-state index in [9.17, 15) is 4.79 Å². The molecule has 98 valence electrons. The maximum atomic E-state index is 12.0. The number of anilines is 1. The van der Waals surface area contributed by atoms with Crippen LogP contribution in [0, 0.1) is 6.92 Å². The van der Waals surface area contributed by atoms with Crippen molar-refractivity contribution >= 4 is 11.6 Å². The van der Waals surface area contributed by atoms with Crippen LogP contribution in [0.25, 0.3) is 0 Å². The van der Waals surface area contributed by atoms with Gasteiger partial charge < -0.3 is 15.8 Å². The first-order valence-corrected chi connectivity index (χ1v) is 6.43. The molecule has 3 N–H and O–H groups in total. The lowest BCUT2D eigenvalue weighted by Gasteiger charge is -2.11. The number of aryl methyl sites for hydroxylation is 1. The Morgan fingerprint density at radius 2 is 2.39 bits per heavy atom. The van der Waals surface area contributed by atoms with Gasteiger partial charge in [-0.05, 0) is 37.8 Å². The van der Waals surface area contributed by atoms with Gasteiger partial charge in [0.05, 0.1) is 11.7 Å². The maximum Gasteiger partial charge on any atom is 0.253 e. The average Bonchev–Trinajstić information content (AvgIpc) is 2.85. The zero-order chi connectivity index (χ0) is 13.0. The monoisotopic (exact) mass is 248 g/mol. The lowest BCUT2D eigenvalue weighted by molar-refractivity contribution is 0.0908. The normalized spacial score (nSPS) is 18.8. The van der Waals surface area contributed by atoms with Crippen LogP contribution in [0.1, 0.15) is 35.2 Å². The number of carbonyl (C=O) groups is 1. The van der Waals surface area contributed by atoms with Gasteiger partial charge >= 0.3 is 0 Å². The molecule has 1 aliphatic rings. The Bertz CT molecular complexity index is 426. The van der Waals surface area contributed by atoms with Gasteiger partial charge in [0, 0.05) is 18.8 Å². The highest BCUT2D eigenvalue weighted by Crippen LogP contribution is 2.17. The Morgan fingerprint density at radius 1 is 1.56 bits per heavy atom. The third-order valence-corrected chi connectivity index (χ3v) is 3.34. The molecule has 1 atom stereocenters. The predicted octanol–water partition coefficient (Wildman–Crippen LogP) is 1.88. The second-order valence-electron chi connectivity index (χ2n) is 4.72. The van der Waals surface area contributed by atoms with E-state index in [-0.39, 0.29) is 5.91 Å². The molecule has 2 rings (SSSR count). The summed E-state index contributed by atoms with van der Waals surface area (Å²) in [5, 5.41) is 2.89. The summed E-state index contributed by atoms with van der Waals surface area (Å²) >= 11 is 0. The molecule has 4 nitrogen and oxygen atoms in total. The van der Waals surface area contributed by atoms with Crippen molar-refractivity contribution in [2.75, 3.05) is 18.9 Å². The molecular weight excluding hydrogens is 228 g/mol. The molecule has 1 aromatic carbocycles. The van der Waals surface area contributed by atoms with Crippen molar-refractivity contribution in [2.45, 2.75) is 32.3 Å². The predicted molar refractivity (Wildman–Crippen MR) is 71.5 cm³/mol. The van der Waals surface area contributed by atoms with Crippen LogP contribution in [0.5, 0.6) is 0 Å². The van der Waals surface area contributed by atoms with Gasteiger partial charge in [-0.2, -0.15) is 0 Å². The standard InChI is InChI=1S/C14H20N2O2/c1-10-4-2-6-12(13(10)15)14(17)16-8-7-11-5-3-9-18-11/h2,4,6,11H,3,5,7-9,15H2,1H3,(H,16,17). The summed E-state index contributed by atoms with van der Waals surface area (Å²) in [6.07, 6.45) is 3.41. The average molecular weight is 248 g/mol. The van der Waals surface area contributed by atoms with Crippen LogP contribution in [-0.2, 0) is 4.74 Å². The number of ether oxygens (including phenoxy) is 1. The van der Waals surface area contributed by atoms with Crippen molar-refractivity contribution in [2.24, 2.45) is 0 Å². The van der Waals surface area contributed by atoms with Crippen LogP contribution in [-0.4, -0.2) is 25.2 Å². The largest absolute Gasteiger partial charge is 0.398 e. The third kappa shape index (κ3) is 3.01. The van der Waals surface area contributed by atoms with Gasteiger partial charge in [0.25, 0.3) is 5.91 Å². The third-order valence-electron chi connectivity index (χ3n) is 3.34. The Morgan fingerprint density at radius 3 is 3.11 bits per heavy atom. The molecule has 1 unspecified atom stereocenters. The second kappa shape index (κ2) is 5.87. The molecule has 0 radical (unpaired) electrons. The number of nitrogens with one attached hydrogen (secondary N) is 1. The van der Waals surface area contributed by atoms with E-state index in [4.69, 9.17) is 10.5 Å². The molecule has 1 aromatic rings. The number of nitrogens with two attached hydrogens (primary N) is 1. The minimum Gasteiger partial charge on any atom is -0.398 e. The Hall–Kier alpha value is -1.55. The van der Waals surface area contributed by atoms with E-state index in [2.05, 4.69) is 5.32 Å². The van der Waals surface area contributed by atoms with Crippen molar-refractivity contribution < 1.29 is 9.53 Å². The minimum absolute atomic E-state index is 0.103. The quantitative estimate of drug-likeness (QED) is 0.800. The lowest BCUT2D eigenvalue weighted by atomic mass is 10.1. The summed E-state index contributed by atoms with van der Waals surface area (Å²) in [5.41, 5.74) is 7.94. The van der Waals surface area contributed by atoms with Crippen molar-refractivity contribution in [3.63, 3.8) is 0 Å². The van der Waals surface area contributed by atoms with Gasteiger partial charge in [-0.15, -0.1) is 0 Å². The fourth-order valence-electron chi connectivity index (χ4n) is 2.19. The highest BCUT2D eigenvalue weighted by atomic mass is 16.5. The van der Waals surface area contributed by atoms with Crippen molar-refractivity contribution in [1.29, 1.82) is 0 Å². The van der Waals surface area contributed by atoms with Gasteiger partial charge in [0.15, 0.2) is 0 Å². The molecular formula is C14H20N2O2. The van der Waals surface area contributed by atoms with E-state index >= 15 is 0 Å². The van der Waals surface area contributed by atoms with E-state index in [0.29, 0.717) is 23.9 Å². The summed E-state index contributed by atoms with van der Waals surface area (Å²) in [5.74, 6) is -0.103. The van der Waals surface area contributed by atoms with Crippen molar-refractivity contribution in [3.05, 3.63) is 29.3 Å². The van der Waals surface area contributed by atoms with Crippen LogP contribution in [0.4, 0.5) is 5.69 Å². The highest BCUT2D eigenvalue weighted by Gasteiger charge is 2.16. The van der Waals surface area contributed by atoms with E-state index in [1.165, 1.54) is 0 Å². The molecule has 4 heteroatoms. The van der Waals surface area contributed by atoms with Crippen LogP contribution in [0.2, 0.25) is 0 Å². The first kappa shape index (κ1) is 12.9. The van der Waals surface area contributed by atoms with Gasteiger partial charge in [-0.25, -0.2) is 0 Å². The molecule has 0 aliphatic carbocycles. The number of nitrogen functional groups attached to an aromatic ring is 1. The first-order chi connectivity index (χ1) is 8.68. The van der Waals surface area contributed by atoms with Gasteiger partial charge in [-0.1, -0.05) is 12.1 Å². The van der Waals surface area contributed by atoms with Crippen LogP contribution >= 0.6 is 0 Å². The van der Waals surface area contributed by atoms with Crippen LogP contribution in [0.15, 0.2) is 18.2 Å². The summed E-state index contributed by atoms with van der Waals surface area (Å²) in [6.45, 7) is 3.39.